The second-order valence-electron chi connectivity index (χ2n) is 17.3. The Morgan fingerprint density at radius 2 is 0.809 bits per heavy atom. The molecule has 6 aromatic carbocycles. The highest BCUT2D eigenvalue weighted by Crippen LogP contribution is 2.42. The predicted octanol–water partition coefficient (Wildman–Crippen LogP) is 11.5. The number of hydrogen-bond acceptors (Lipinski definition) is 8. The molecule has 4 aliphatic heterocycles. The monoisotopic (exact) mass is 900 g/mol. The Kier molecular flexibility index (Phi) is 14.7. The van der Waals surface area contributed by atoms with Crippen LogP contribution in [0, 0.1) is 22.7 Å². The van der Waals surface area contributed by atoms with Crippen molar-refractivity contribution in [3.8, 4) is 35.1 Å². The molecular formula is C58H52N4O6. The lowest BCUT2D eigenvalue weighted by Gasteiger charge is -2.38. The number of carboxylic acid groups (broad SMARTS) is 2. The van der Waals surface area contributed by atoms with Gasteiger partial charge >= 0.3 is 11.9 Å². The summed E-state index contributed by atoms with van der Waals surface area (Å²) in [5, 5.41) is 35.6. The molecule has 10 rings (SSSR count). The molecule has 4 aliphatic rings. The Hall–Kier alpha value is -8.02. The molecule has 0 atom stereocenters. The minimum atomic E-state index is -1.26. The van der Waals surface area contributed by atoms with Gasteiger partial charge in [-0.15, -0.1) is 0 Å². The van der Waals surface area contributed by atoms with Gasteiger partial charge in [0.25, 0.3) is 0 Å². The highest BCUT2D eigenvalue weighted by atomic mass is 16.5. The number of aliphatic carboxylic acids is 2. The molecule has 10 heteroatoms. The summed E-state index contributed by atoms with van der Waals surface area (Å²) in [7, 11) is 0. The molecule has 0 spiro atoms. The molecule has 340 valence electrons. The maximum Gasteiger partial charge on any atom is 0.328 e. The minimum absolute atomic E-state index is 0.372. The number of para-hydroxylation sites is 4. The summed E-state index contributed by atoms with van der Waals surface area (Å²) in [4.78, 5) is 24.0. The number of carboxylic acids is 2. The second kappa shape index (κ2) is 21.5. The van der Waals surface area contributed by atoms with Crippen LogP contribution in [0.15, 0.2) is 170 Å². The number of likely N-dealkylation sites (tertiary alicyclic amines) is 2. The lowest BCUT2D eigenvalue weighted by Crippen LogP contribution is -2.42. The van der Waals surface area contributed by atoms with Crippen molar-refractivity contribution < 1.29 is 29.3 Å². The summed E-state index contributed by atoms with van der Waals surface area (Å²) < 4.78 is 12.4. The largest absolute Gasteiger partial charge is 0.478 e. The van der Waals surface area contributed by atoms with E-state index in [0.29, 0.717) is 12.2 Å². The van der Waals surface area contributed by atoms with Gasteiger partial charge in [-0.2, -0.15) is 10.5 Å². The number of carbonyl (C=O) groups is 2. The van der Waals surface area contributed by atoms with Gasteiger partial charge in [-0.05, 0) is 84.4 Å². The number of rotatable bonds is 8. The quantitative estimate of drug-likeness (QED) is 0.141. The summed E-state index contributed by atoms with van der Waals surface area (Å²) in [6.07, 6.45) is 9.05. The highest BCUT2D eigenvalue weighted by molar-refractivity contribution is 5.90. The molecule has 0 bridgehead atoms. The third-order valence-electron chi connectivity index (χ3n) is 13.1. The van der Waals surface area contributed by atoms with E-state index < -0.39 is 11.9 Å². The number of fused-ring (bicyclic) bond motifs is 4. The first kappa shape index (κ1) is 46.5. The molecule has 0 aliphatic carbocycles. The predicted molar refractivity (Wildman–Crippen MR) is 265 cm³/mol. The molecule has 0 saturated carbocycles. The Morgan fingerprint density at radius 3 is 1.16 bits per heavy atom. The van der Waals surface area contributed by atoms with Crippen LogP contribution in [0.1, 0.15) is 59.1 Å². The number of benzene rings is 6. The fourth-order valence-corrected chi connectivity index (χ4v) is 9.31. The van der Waals surface area contributed by atoms with Gasteiger partial charge < -0.3 is 19.7 Å². The minimum Gasteiger partial charge on any atom is -0.478 e. The Morgan fingerprint density at radius 1 is 0.485 bits per heavy atom. The Labute approximate surface area is 397 Å². The number of ether oxygens (including phenoxy) is 2. The van der Waals surface area contributed by atoms with Crippen LogP contribution in [0.4, 0.5) is 0 Å². The van der Waals surface area contributed by atoms with Gasteiger partial charge in [-0.3, -0.25) is 9.80 Å². The topological polar surface area (TPSA) is 147 Å². The number of hydrogen-bond donors (Lipinski definition) is 2. The van der Waals surface area contributed by atoms with E-state index in [2.05, 4.69) is 94.8 Å². The second-order valence-corrected chi connectivity index (χ2v) is 17.3. The summed E-state index contributed by atoms with van der Waals surface area (Å²) >= 11 is 0. The molecule has 0 unspecified atom stereocenters. The van der Waals surface area contributed by atoms with Crippen molar-refractivity contribution in [3.05, 3.63) is 203 Å². The van der Waals surface area contributed by atoms with E-state index in [1.807, 2.05) is 97.1 Å². The average molecular weight is 901 g/mol. The fraction of sp³-hybridized carbons (Fsp3) is 0.207. The van der Waals surface area contributed by atoms with Crippen molar-refractivity contribution in [2.45, 2.75) is 36.5 Å². The van der Waals surface area contributed by atoms with Crippen molar-refractivity contribution in [2.24, 2.45) is 0 Å². The van der Waals surface area contributed by atoms with E-state index in [0.717, 1.165) is 121 Å². The molecule has 2 N–H and O–H groups in total. The fourth-order valence-electron chi connectivity index (χ4n) is 9.31. The first-order valence-electron chi connectivity index (χ1n) is 22.8. The molecule has 2 fully saturated rings. The van der Waals surface area contributed by atoms with Gasteiger partial charge in [-0.1, -0.05) is 133 Å². The van der Waals surface area contributed by atoms with Crippen LogP contribution in [-0.4, -0.2) is 71.2 Å². The van der Waals surface area contributed by atoms with E-state index in [1.165, 1.54) is 11.1 Å². The maximum atomic E-state index is 9.98. The molecule has 68 heavy (non-hydrogen) atoms. The third-order valence-corrected chi connectivity index (χ3v) is 13.1. The van der Waals surface area contributed by atoms with Gasteiger partial charge in [0.2, 0.25) is 0 Å². The van der Waals surface area contributed by atoms with Crippen LogP contribution in [0.2, 0.25) is 0 Å². The standard InChI is InChI=1S/2C27H24N2O.C4H4O4/c2*28-20-27(23-9-2-1-3-10-23)14-16-29(17-15-27)19-22-18-21-8-4-6-12-25(21)30-26-13-7-5-11-24(22)26;5-3(6)1-2-4(7)8/h2*1-13,18H,14-17,19H2;1-2H,(H,5,6)(H,7,8)/b;;2-1+. The summed E-state index contributed by atoms with van der Waals surface area (Å²) in [6, 6.07) is 58.7. The Bertz CT molecular complexity index is 2720. The van der Waals surface area contributed by atoms with Gasteiger partial charge in [0.1, 0.15) is 23.0 Å². The summed E-state index contributed by atoms with van der Waals surface area (Å²) in [5.41, 5.74) is 8.59. The molecule has 10 nitrogen and oxygen atoms in total. The number of nitriles is 2. The number of nitrogens with zero attached hydrogens (tertiary/aromatic N) is 4. The lowest BCUT2D eigenvalue weighted by molar-refractivity contribution is -0.134. The Balaban J connectivity index is 0.000000159. The first-order chi connectivity index (χ1) is 33.2. The van der Waals surface area contributed by atoms with Gasteiger partial charge in [-0.25, -0.2) is 9.59 Å². The SMILES string of the molecule is N#CC1(c2ccccc2)CCN(CC2=Cc3ccccc3Oc3ccccc32)CC1.N#CC1(c2ccccc2)CCN(CC2=Cc3ccccc3Oc3ccccc32)CC1.O=C(O)/C=C/C(=O)O. The summed E-state index contributed by atoms with van der Waals surface area (Å²) in [5.74, 6) is 1.08. The van der Waals surface area contributed by atoms with Crippen LogP contribution in [0.5, 0.6) is 23.0 Å². The average Bonchev–Trinajstić information content (AvgIpc) is 3.64. The zero-order valence-corrected chi connectivity index (χ0v) is 37.7. The molecular weight excluding hydrogens is 849 g/mol. The van der Waals surface area contributed by atoms with Crippen molar-refractivity contribution >= 4 is 35.2 Å². The van der Waals surface area contributed by atoms with E-state index >= 15 is 0 Å². The highest BCUT2D eigenvalue weighted by Gasteiger charge is 2.38. The van der Waals surface area contributed by atoms with Crippen LogP contribution in [-0.2, 0) is 20.4 Å². The van der Waals surface area contributed by atoms with Crippen molar-refractivity contribution in [2.75, 3.05) is 39.3 Å². The maximum absolute atomic E-state index is 9.98. The van der Waals surface area contributed by atoms with Crippen LogP contribution >= 0.6 is 0 Å². The number of piperidine rings is 2. The van der Waals surface area contributed by atoms with Gasteiger partial charge in [0, 0.05) is 73.7 Å². The smallest absolute Gasteiger partial charge is 0.328 e. The van der Waals surface area contributed by atoms with E-state index in [-0.39, 0.29) is 10.8 Å². The lowest BCUT2D eigenvalue weighted by atomic mass is 9.74. The van der Waals surface area contributed by atoms with E-state index in [1.54, 1.807) is 0 Å². The molecule has 0 radical (unpaired) electrons. The molecule has 6 aromatic rings. The van der Waals surface area contributed by atoms with E-state index in [4.69, 9.17) is 19.7 Å². The van der Waals surface area contributed by atoms with Crippen LogP contribution in [0.25, 0.3) is 23.3 Å². The zero-order valence-electron chi connectivity index (χ0n) is 37.7. The molecule has 0 aromatic heterocycles. The first-order valence-corrected chi connectivity index (χ1v) is 22.8. The van der Waals surface area contributed by atoms with Crippen molar-refractivity contribution in [1.82, 2.24) is 9.80 Å². The zero-order chi connectivity index (χ0) is 47.4. The van der Waals surface area contributed by atoms with Gasteiger partial charge in [0.05, 0.1) is 23.0 Å². The molecule has 2 saturated heterocycles. The van der Waals surface area contributed by atoms with Crippen molar-refractivity contribution in [3.63, 3.8) is 0 Å². The summed E-state index contributed by atoms with van der Waals surface area (Å²) in [6.45, 7) is 5.33. The van der Waals surface area contributed by atoms with Gasteiger partial charge in [0.15, 0.2) is 0 Å². The normalized spacial score (nSPS) is 16.6. The van der Waals surface area contributed by atoms with Crippen LogP contribution < -0.4 is 9.47 Å². The van der Waals surface area contributed by atoms with E-state index in [9.17, 15) is 20.1 Å². The van der Waals surface area contributed by atoms with Crippen molar-refractivity contribution in [1.29, 1.82) is 10.5 Å². The molecule has 0 amide bonds. The molecule has 4 heterocycles. The van der Waals surface area contributed by atoms with Crippen LogP contribution in [0.3, 0.4) is 0 Å². The third kappa shape index (κ3) is 11.0.